The van der Waals surface area contributed by atoms with Gasteiger partial charge in [0, 0.05) is 40.6 Å². The average molecular weight is 469 g/mol. The summed E-state index contributed by atoms with van der Waals surface area (Å²) in [5.41, 5.74) is 6.52. The Kier molecular flexibility index (Phi) is 5.71. The van der Waals surface area contributed by atoms with E-state index in [0.29, 0.717) is 29.0 Å². The van der Waals surface area contributed by atoms with E-state index >= 15 is 0 Å². The van der Waals surface area contributed by atoms with Crippen LogP contribution >= 0.6 is 0 Å². The number of aromatic nitrogens is 6. The normalized spacial score (nSPS) is 10.8. The van der Waals surface area contributed by atoms with Crippen molar-refractivity contribution < 1.29 is 4.79 Å². The number of H-pyrrole nitrogens is 2. The van der Waals surface area contributed by atoms with Gasteiger partial charge in [-0.3, -0.25) is 5.10 Å². The Labute approximate surface area is 200 Å². The summed E-state index contributed by atoms with van der Waals surface area (Å²) in [7, 11) is 0. The quantitative estimate of drug-likeness (QED) is 0.202. The number of carbonyl (C=O) groups is 1. The number of urea groups is 1. The number of rotatable bonds is 6. The number of fused-ring (bicyclic) bond motifs is 1. The van der Waals surface area contributed by atoms with Gasteiger partial charge in [0.25, 0.3) is 0 Å². The molecule has 0 saturated carbocycles. The highest BCUT2D eigenvalue weighted by Gasteiger charge is 2.09. The van der Waals surface area contributed by atoms with E-state index in [1.807, 2.05) is 63.2 Å². The van der Waals surface area contributed by atoms with Gasteiger partial charge in [0.2, 0.25) is 5.95 Å². The minimum absolute atomic E-state index is 0.338. The van der Waals surface area contributed by atoms with E-state index < -0.39 is 0 Å². The zero-order chi connectivity index (χ0) is 24.4. The minimum atomic E-state index is -0.338. The summed E-state index contributed by atoms with van der Waals surface area (Å²) in [6.45, 7) is 5.77. The molecule has 0 radical (unpaired) electrons. The number of anilines is 6. The maximum absolute atomic E-state index is 12.5. The molecule has 2 amide bonds. The number of aryl methyl sites for hydroxylation is 3. The minimum Gasteiger partial charge on any atom is -0.345 e. The van der Waals surface area contributed by atoms with Crippen molar-refractivity contribution in [3.05, 3.63) is 71.8 Å². The third kappa shape index (κ3) is 5.19. The summed E-state index contributed by atoms with van der Waals surface area (Å²) >= 11 is 0. The van der Waals surface area contributed by atoms with Crippen LogP contribution in [-0.2, 0) is 0 Å². The zero-order valence-corrected chi connectivity index (χ0v) is 19.4. The molecule has 176 valence electrons. The molecule has 0 fully saturated rings. The Bertz CT molecular complexity index is 1520. The van der Waals surface area contributed by atoms with E-state index in [0.717, 1.165) is 33.7 Å². The summed E-state index contributed by atoms with van der Waals surface area (Å²) < 4.78 is 0. The number of benzene rings is 2. The molecule has 5 aromatic rings. The number of aromatic amines is 2. The number of hydrogen-bond donors (Lipinski definition) is 6. The van der Waals surface area contributed by atoms with Crippen molar-refractivity contribution in [2.75, 3.05) is 21.3 Å². The SMILES string of the molecule is Cc1cc(Nc2cc(C)[nH]n2)nc(Nc2ccc(NC(=O)Nc3ccc4nc[nH]c4c3)cc2C)n1. The van der Waals surface area contributed by atoms with Gasteiger partial charge in [-0.05, 0) is 62.7 Å². The van der Waals surface area contributed by atoms with Crippen LogP contribution in [-0.4, -0.2) is 36.2 Å². The molecule has 0 atom stereocenters. The number of hydrogen-bond acceptors (Lipinski definition) is 7. The molecule has 2 aromatic carbocycles. The predicted octanol–water partition coefficient (Wildman–Crippen LogP) is 5.13. The van der Waals surface area contributed by atoms with E-state index in [4.69, 9.17) is 0 Å². The first-order chi connectivity index (χ1) is 16.9. The molecule has 0 saturated heterocycles. The van der Waals surface area contributed by atoms with Crippen molar-refractivity contribution in [3.8, 4) is 0 Å². The first kappa shape index (κ1) is 21.9. The number of imidazole rings is 1. The summed E-state index contributed by atoms with van der Waals surface area (Å²) in [4.78, 5) is 28.7. The standard InChI is InChI=1S/C24H24N10O/c1-13-8-16(28-24(35)29-17-5-7-19-20(11-17)26-12-25-19)4-6-18(13)30-23-27-14(2)9-21(32-23)31-22-10-15(3)33-34-22/h4-12H,1-3H3,(H,25,26)(H2,28,29,35)(H3,27,30,31,32,33,34). The van der Waals surface area contributed by atoms with Crippen LogP contribution in [0.3, 0.4) is 0 Å². The third-order valence-corrected chi connectivity index (χ3v) is 5.23. The fourth-order valence-corrected chi connectivity index (χ4v) is 3.61. The monoisotopic (exact) mass is 468 g/mol. The fourth-order valence-electron chi connectivity index (χ4n) is 3.61. The van der Waals surface area contributed by atoms with Crippen LogP contribution in [0, 0.1) is 20.8 Å². The van der Waals surface area contributed by atoms with Crippen molar-refractivity contribution in [1.82, 2.24) is 30.1 Å². The molecule has 3 heterocycles. The number of amides is 2. The number of nitrogens with one attached hydrogen (secondary N) is 6. The van der Waals surface area contributed by atoms with E-state index in [1.165, 1.54) is 0 Å². The molecule has 0 aliphatic carbocycles. The van der Waals surface area contributed by atoms with Crippen LogP contribution < -0.4 is 21.3 Å². The Morgan fingerprint density at radius 1 is 0.857 bits per heavy atom. The van der Waals surface area contributed by atoms with Crippen LogP contribution in [0.5, 0.6) is 0 Å². The maximum atomic E-state index is 12.5. The Morgan fingerprint density at radius 2 is 1.66 bits per heavy atom. The molecule has 0 unspecified atom stereocenters. The summed E-state index contributed by atoms with van der Waals surface area (Å²) in [6, 6.07) is 14.4. The maximum Gasteiger partial charge on any atom is 0.323 e. The molecule has 3 aromatic heterocycles. The molecule has 0 aliphatic rings. The first-order valence-corrected chi connectivity index (χ1v) is 10.9. The molecule has 0 bridgehead atoms. The summed E-state index contributed by atoms with van der Waals surface area (Å²) in [5, 5.41) is 19.2. The Hall–Kier alpha value is -4.93. The van der Waals surface area contributed by atoms with E-state index in [9.17, 15) is 4.79 Å². The highest BCUT2D eigenvalue weighted by molar-refractivity contribution is 6.00. The molecule has 6 N–H and O–H groups in total. The van der Waals surface area contributed by atoms with Crippen LogP contribution in [0.1, 0.15) is 17.0 Å². The second-order valence-corrected chi connectivity index (χ2v) is 8.15. The van der Waals surface area contributed by atoms with Gasteiger partial charge < -0.3 is 26.3 Å². The van der Waals surface area contributed by atoms with E-state index in [-0.39, 0.29) is 6.03 Å². The van der Waals surface area contributed by atoms with Crippen LogP contribution in [0.2, 0.25) is 0 Å². The van der Waals surface area contributed by atoms with Gasteiger partial charge >= 0.3 is 6.03 Å². The lowest BCUT2D eigenvalue weighted by Crippen LogP contribution is -2.19. The van der Waals surface area contributed by atoms with Crippen molar-refractivity contribution in [2.45, 2.75) is 20.8 Å². The highest BCUT2D eigenvalue weighted by atomic mass is 16.2. The van der Waals surface area contributed by atoms with Crippen molar-refractivity contribution in [3.63, 3.8) is 0 Å². The molecule has 11 nitrogen and oxygen atoms in total. The van der Waals surface area contributed by atoms with Crippen molar-refractivity contribution in [2.24, 2.45) is 0 Å². The molecule has 11 heteroatoms. The zero-order valence-electron chi connectivity index (χ0n) is 19.4. The summed E-state index contributed by atoms with van der Waals surface area (Å²) in [6.07, 6.45) is 1.62. The van der Waals surface area contributed by atoms with Crippen LogP contribution in [0.15, 0.2) is 54.9 Å². The molecule has 0 spiro atoms. The Balaban J connectivity index is 1.25. The molecular weight excluding hydrogens is 444 g/mol. The predicted molar refractivity (Wildman–Crippen MR) is 137 cm³/mol. The second kappa shape index (κ2) is 9.14. The molecule has 35 heavy (non-hydrogen) atoms. The largest absolute Gasteiger partial charge is 0.345 e. The lowest BCUT2D eigenvalue weighted by Gasteiger charge is -2.13. The number of nitrogens with zero attached hydrogens (tertiary/aromatic N) is 4. The molecular formula is C24H24N10O. The summed E-state index contributed by atoms with van der Waals surface area (Å²) in [5.74, 6) is 1.77. The van der Waals surface area contributed by atoms with E-state index in [2.05, 4.69) is 51.4 Å². The second-order valence-electron chi connectivity index (χ2n) is 8.15. The highest BCUT2D eigenvalue weighted by Crippen LogP contribution is 2.24. The van der Waals surface area contributed by atoms with Gasteiger partial charge in [-0.1, -0.05) is 0 Å². The van der Waals surface area contributed by atoms with Crippen LogP contribution in [0.4, 0.5) is 39.4 Å². The van der Waals surface area contributed by atoms with Gasteiger partial charge in [0.1, 0.15) is 5.82 Å². The van der Waals surface area contributed by atoms with Gasteiger partial charge in [-0.25, -0.2) is 14.8 Å². The topological polar surface area (TPSA) is 148 Å². The van der Waals surface area contributed by atoms with Gasteiger partial charge in [0.15, 0.2) is 5.82 Å². The van der Waals surface area contributed by atoms with Crippen LogP contribution in [0.25, 0.3) is 11.0 Å². The lowest BCUT2D eigenvalue weighted by atomic mass is 10.2. The van der Waals surface area contributed by atoms with Gasteiger partial charge in [-0.15, -0.1) is 0 Å². The lowest BCUT2D eigenvalue weighted by molar-refractivity contribution is 0.262. The van der Waals surface area contributed by atoms with Crippen molar-refractivity contribution >= 4 is 51.7 Å². The van der Waals surface area contributed by atoms with E-state index in [1.54, 1.807) is 12.4 Å². The fraction of sp³-hybridized carbons (Fsp3) is 0.125. The van der Waals surface area contributed by atoms with Gasteiger partial charge in [0.05, 0.1) is 17.4 Å². The Morgan fingerprint density at radius 3 is 2.43 bits per heavy atom. The van der Waals surface area contributed by atoms with Gasteiger partial charge in [-0.2, -0.15) is 10.1 Å². The smallest absolute Gasteiger partial charge is 0.323 e. The molecule has 0 aliphatic heterocycles. The first-order valence-electron chi connectivity index (χ1n) is 10.9. The third-order valence-electron chi connectivity index (χ3n) is 5.23. The van der Waals surface area contributed by atoms with Crippen molar-refractivity contribution in [1.29, 1.82) is 0 Å². The average Bonchev–Trinajstić information content (AvgIpc) is 3.43. The molecule has 5 rings (SSSR count). The number of carbonyl (C=O) groups excluding carboxylic acids is 1.